The van der Waals surface area contributed by atoms with Gasteiger partial charge in [0.15, 0.2) is 0 Å². The molecule has 0 bridgehead atoms. The number of nitrogens with zero attached hydrogens (tertiary/aromatic N) is 4. The van der Waals surface area contributed by atoms with E-state index in [1.807, 2.05) is 0 Å². The van der Waals surface area contributed by atoms with Gasteiger partial charge in [-0.25, -0.2) is 14.4 Å². The Morgan fingerprint density at radius 1 is 1.17 bits per heavy atom. The Morgan fingerprint density at radius 3 is 2.59 bits per heavy atom. The van der Waals surface area contributed by atoms with Gasteiger partial charge in [0, 0.05) is 42.3 Å². The van der Waals surface area contributed by atoms with E-state index in [4.69, 9.17) is 5.73 Å². The summed E-state index contributed by atoms with van der Waals surface area (Å²) in [5.74, 6) is 0.106. The van der Waals surface area contributed by atoms with Crippen molar-refractivity contribution in [2.75, 3.05) is 11.9 Å². The number of rotatable bonds is 6. The summed E-state index contributed by atoms with van der Waals surface area (Å²) in [6, 6.07) is 6.41. The lowest BCUT2D eigenvalue weighted by atomic mass is 9.60. The van der Waals surface area contributed by atoms with Crippen LogP contribution in [0.3, 0.4) is 0 Å². The van der Waals surface area contributed by atoms with Crippen LogP contribution in [-0.4, -0.2) is 32.4 Å². The molecule has 3 N–H and O–H groups in total. The van der Waals surface area contributed by atoms with Gasteiger partial charge >= 0.3 is 0 Å². The highest BCUT2D eigenvalue weighted by Gasteiger charge is 2.46. The van der Waals surface area contributed by atoms with Crippen molar-refractivity contribution in [3.05, 3.63) is 66.3 Å². The SMILES string of the molecule is CC1CC(CNc2ncc(-c3ccnc(C(N)=O)c3)cn2)(c2ncccc2F)C1. The van der Waals surface area contributed by atoms with Gasteiger partial charge < -0.3 is 11.1 Å². The Morgan fingerprint density at radius 2 is 1.93 bits per heavy atom. The number of amides is 1. The predicted molar refractivity (Wildman–Crippen MR) is 107 cm³/mol. The molecule has 29 heavy (non-hydrogen) atoms. The highest BCUT2D eigenvalue weighted by atomic mass is 19.1. The van der Waals surface area contributed by atoms with E-state index in [1.54, 1.807) is 36.8 Å². The lowest BCUT2D eigenvalue weighted by Gasteiger charge is -2.46. The maximum Gasteiger partial charge on any atom is 0.267 e. The van der Waals surface area contributed by atoms with Crippen LogP contribution in [0.2, 0.25) is 0 Å². The van der Waals surface area contributed by atoms with Crippen LogP contribution in [0.25, 0.3) is 11.1 Å². The summed E-state index contributed by atoms with van der Waals surface area (Å²) >= 11 is 0. The number of nitrogens with one attached hydrogen (secondary N) is 1. The standard InChI is InChI=1S/C21H21FN6O/c1-13-8-21(9-13,18-16(22)3-2-5-25-18)12-28-20-26-10-15(11-27-20)14-4-6-24-17(7-14)19(23)29/h2-7,10-11,13H,8-9,12H2,1H3,(H2,23,29)(H,26,27,28). The number of pyridine rings is 2. The minimum atomic E-state index is -0.590. The Kier molecular flexibility index (Phi) is 4.92. The van der Waals surface area contributed by atoms with Crippen molar-refractivity contribution in [1.29, 1.82) is 0 Å². The minimum Gasteiger partial charge on any atom is -0.364 e. The summed E-state index contributed by atoms with van der Waals surface area (Å²) in [4.78, 5) is 28.2. The van der Waals surface area contributed by atoms with Crippen LogP contribution >= 0.6 is 0 Å². The maximum absolute atomic E-state index is 14.3. The average Bonchev–Trinajstić information content (AvgIpc) is 2.71. The lowest BCUT2D eigenvalue weighted by molar-refractivity contribution is 0.0995. The molecule has 0 spiro atoms. The fraction of sp³-hybridized carbons (Fsp3) is 0.286. The Bertz CT molecular complexity index is 1030. The third kappa shape index (κ3) is 3.78. The summed E-state index contributed by atoms with van der Waals surface area (Å²) in [6.07, 6.45) is 8.19. The second-order valence-electron chi connectivity index (χ2n) is 7.57. The van der Waals surface area contributed by atoms with E-state index in [-0.39, 0.29) is 16.9 Å². The predicted octanol–water partition coefficient (Wildman–Crippen LogP) is 2.95. The fourth-order valence-electron chi connectivity index (χ4n) is 4.03. The van der Waals surface area contributed by atoms with E-state index in [0.717, 1.165) is 24.0 Å². The smallest absolute Gasteiger partial charge is 0.267 e. The molecule has 1 saturated carbocycles. The zero-order chi connectivity index (χ0) is 20.4. The van der Waals surface area contributed by atoms with Gasteiger partial charge in [0.2, 0.25) is 5.95 Å². The van der Waals surface area contributed by atoms with E-state index in [9.17, 15) is 9.18 Å². The topological polar surface area (TPSA) is 107 Å². The second kappa shape index (κ2) is 7.54. The zero-order valence-corrected chi connectivity index (χ0v) is 16.0. The molecule has 0 aliphatic heterocycles. The van der Waals surface area contributed by atoms with E-state index < -0.39 is 5.91 Å². The molecule has 1 amide bonds. The van der Waals surface area contributed by atoms with Crippen LogP contribution in [-0.2, 0) is 5.41 Å². The minimum absolute atomic E-state index is 0.183. The summed E-state index contributed by atoms with van der Waals surface area (Å²) in [6.45, 7) is 2.66. The largest absolute Gasteiger partial charge is 0.364 e. The van der Waals surface area contributed by atoms with Crippen molar-refractivity contribution in [2.24, 2.45) is 11.7 Å². The average molecular weight is 392 g/mol. The normalized spacial score (nSPS) is 20.7. The fourth-order valence-corrected chi connectivity index (χ4v) is 4.03. The van der Waals surface area contributed by atoms with Gasteiger partial charge in [0.25, 0.3) is 5.91 Å². The summed E-state index contributed by atoms with van der Waals surface area (Å²) < 4.78 is 14.3. The molecule has 148 valence electrons. The number of carbonyl (C=O) groups excluding carboxylic acids is 1. The van der Waals surface area contributed by atoms with E-state index >= 15 is 0 Å². The van der Waals surface area contributed by atoms with Crippen LogP contribution < -0.4 is 11.1 Å². The van der Waals surface area contributed by atoms with Crippen LogP contribution in [0.4, 0.5) is 10.3 Å². The molecule has 1 aliphatic carbocycles. The van der Waals surface area contributed by atoms with Crippen LogP contribution in [0, 0.1) is 11.7 Å². The molecule has 1 fully saturated rings. The first-order chi connectivity index (χ1) is 14.0. The van der Waals surface area contributed by atoms with Crippen LogP contribution in [0.1, 0.15) is 35.9 Å². The molecule has 8 heteroatoms. The number of hydrogen-bond donors (Lipinski definition) is 2. The Hall–Kier alpha value is -3.42. The Labute approximate surface area is 167 Å². The number of anilines is 1. The van der Waals surface area contributed by atoms with Gasteiger partial charge in [-0.2, -0.15) is 0 Å². The molecule has 3 aromatic heterocycles. The molecule has 0 unspecified atom stereocenters. The molecule has 0 saturated heterocycles. The van der Waals surface area contributed by atoms with Crippen LogP contribution in [0.5, 0.6) is 0 Å². The van der Waals surface area contributed by atoms with Crippen molar-refractivity contribution in [2.45, 2.75) is 25.2 Å². The first kappa shape index (κ1) is 18.9. The molecular formula is C21H21FN6O. The third-order valence-electron chi connectivity index (χ3n) is 5.32. The molecule has 0 radical (unpaired) electrons. The van der Waals surface area contributed by atoms with Gasteiger partial charge in [-0.15, -0.1) is 0 Å². The van der Waals surface area contributed by atoms with Crippen molar-refractivity contribution in [1.82, 2.24) is 19.9 Å². The maximum atomic E-state index is 14.3. The Balaban J connectivity index is 1.50. The number of aromatic nitrogens is 4. The summed E-state index contributed by atoms with van der Waals surface area (Å²) in [5.41, 5.74) is 7.10. The lowest BCUT2D eigenvalue weighted by Crippen LogP contribution is -2.47. The molecule has 4 rings (SSSR count). The highest BCUT2D eigenvalue weighted by Crippen LogP contribution is 2.47. The molecule has 0 aromatic carbocycles. The molecule has 3 heterocycles. The quantitative estimate of drug-likeness (QED) is 0.668. The van der Waals surface area contributed by atoms with Crippen LogP contribution in [0.15, 0.2) is 49.1 Å². The van der Waals surface area contributed by atoms with Crippen molar-refractivity contribution in [3.8, 4) is 11.1 Å². The van der Waals surface area contributed by atoms with Gasteiger partial charge in [-0.05, 0) is 48.6 Å². The van der Waals surface area contributed by atoms with E-state index in [1.165, 1.54) is 12.3 Å². The summed E-state index contributed by atoms with van der Waals surface area (Å²) in [5, 5.41) is 3.23. The number of hydrogen-bond acceptors (Lipinski definition) is 6. The summed E-state index contributed by atoms with van der Waals surface area (Å²) in [7, 11) is 0. The molecular weight excluding hydrogens is 371 g/mol. The van der Waals surface area contributed by atoms with Crippen molar-refractivity contribution in [3.63, 3.8) is 0 Å². The number of carbonyl (C=O) groups is 1. The third-order valence-corrected chi connectivity index (χ3v) is 5.32. The van der Waals surface area contributed by atoms with Gasteiger partial charge in [0.05, 0.1) is 5.69 Å². The number of nitrogens with two attached hydrogens (primary N) is 1. The zero-order valence-electron chi connectivity index (χ0n) is 16.0. The van der Waals surface area contributed by atoms with Crippen molar-refractivity contribution < 1.29 is 9.18 Å². The molecule has 3 aromatic rings. The van der Waals surface area contributed by atoms with Gasteiger partial charge in [-0.1, -0.05) is 6.92 Å². The van der Waals surface area contributed by atoms with Crippen molar-refractivity contribution >= 4 is 11.9 Å². The molecule has 7 nitrogen and oxygen atoms in total. The van der Waals surface area contributed by atoms with E-state index in [2.05, 4.69) is 32.2 Å². The monoisotopic (exact) mass is 392 g/mol. The first-order valence-corrected chi connectivity index (χ1v) is 9.40. The number of halogens is 1. The number of primary amides is 1. The first-order valence-electron chi connectivity index (χ1n) is 9.40. The molecule has 0 atom stereocenters. The second-order valence-corrected chi connectivity index (χ2v) is 7.57. The van der Waals surface area contributed by atoms with Gasteiger partial charge in [0.1, 0.15) is 11.5 Å². The van der Waals surface area contributed by atoms with Gasteiger partial charge in [-0.3, -0.25) is 14.8 Å². The molecule has 1 aliphatic rings. The van der Waals surface area contributed by atoms with E-state index in [0.29, 0.717) is 24.1 Å². The highest BCUT2D eigenvalue weighted by molar-refractivity contribution is 5.91.